The molecule has 34 heavy (non-hydrogen) atoms. The Kier molecular flexibility index (Phi) is 8.73. The first-order valence-electron chi connectivity index (χ1n) is 10.4. The van der Waals surface area contributed by atoms with Crippen LogP contribution in [0.2, 0.25) is 5.02 Å². The van der Waals surface area contributed by atoms with Crippen LogP contribution in [0.4, 0.5) is 5.69 Å². The second-order valence-corrected chi connectivity index (χ2v) is 8.18. The molecule has 3 rings (SSSR count). The van der Waals surface area contributed by atoms with Crippen molar-refractivity contribution in [1.82, 2.24) is 16.2 Å². The normalized spacial score (nSPS) is 10.2. The van der Waals surface area contributed by atoms with Crippen molar-refractivity contribution in [1.29, 1.82) is 0 Å². The average Bonchev–Trinajstić information content (AvgIpc) is 2.85. The number of benzene rings is 3. The summed E-state index contributed by atoms with van der Waals surface area (Å²) in [7, 11) is 0. The Balaban J connectivity index is 1.40. The van der Waals surface area contributed by atoms with Gasteiger partial charge < -0.3 is 5.32 Å². The largest absolute Gasteiger partial charge is 0.326 e. The number of halogens is 1. The third kappa shape index (κ3) is 7.13. The molecule has 0 bridgehead atoms. The van der Waals surface area contributed by atoms with Gasteiger partial charge in [0.2, 0.25) is 11.8 Å². The van der Waals surface area contributed by atoms with Gasteiger partial charge in [0, 0.05) is 29.1 Å². The predicted molar refractivity (Wildman–Crippen MR) is 137 cm³/mol. The SMILES string of the molecule is Cc1c(Cl)cccc1NC(=O)CCC(=O)NNC(=S)NC(=O)c1ccc(-c2ccccc2)cc1. The van der Waals surface area contributed by atoms with E-state index in [0.717, 1.165) is 16.7 Å². The molecule has 0 fully saturated rings. The van der Waals surface area contributed by atoms with Crippen LogP contribution in [0.5, 0.6) is 0 Å². The van der Waals surface area contributed by atoms with Crippen molar-refractivity contribution in [3.63, 3.8) is 0 Å². The molecule has 0 aliphatic rings. The van der Waals surface area contributed by atoms with Gasteiger partial charge in [0.1, 0.15) is 0 Å². The number of hydrogen-bond acceptors (Lipinski definition) is 4. The second kappa shape index (κ2) is 11.9. The van der Waals surface area contributed by atoms with Crippen LogP contribution in [0.15, 0.2) is 72.8 Å². The molecule has 4 N–H and O–H groups in total. The van der Waals surface area contributed by atoms with Crippen LogP contribution in [-0.4, -0.2) is 22.8 Å². The van der Waals surface area contributed by atoms with Crippen molar-refractivity contribution in [3.05, 3.63) is 88.9 Å². The van der Waals surface area contributed by atoms with Crippen molar-refractivity contribution in [2.75, 3.05) is 5.32 Å². The number of rotatable bonds is 6. The smallest absolute Gasteiger partial charge is 0.257 e. The topological polar surface area (TPSA) is 99.3 Å². The summed E-state index contributed by atoms with van der Waals surface area (Å²) < 4.78 is 0. The van der Waals surface area contributed by atoms with Gasteiger partial charge in [-0.25, -0.2) is 0 Å². The quantitative estimate of drug-likeness (QED) is 0.301. The minimum Gasteiger partial charge on any atom is -0.326 e. The minimum absolute atomic E-state index is 0.0354. The zero-order chi connectivity index (χ0) is 24.5. The Morgan fingerprint density at radius 2 is 1.44 bits per heavy atom. The second-order valence-electron chi connectivity index (χ2n) is 7.36. The maximum absolute atomic E-state index is 12.4. The summed E-state index contributed by atoms with van der Waals surface area (Å²) in [6.07, 6.45) is -0.109. The highest BCUT2D eigenvalue weighted by Gasteiger charge is 2.11. The van der Waals surface area contributed by atoms with E-state index in [1.165, 1.54) is 0 Å². The van der Waals surface area contributed by atoms with Gasteiger partial charge in [0.25, 0.3) is 5.91 Å². The number of amides is 3. The van der Waals surface area contributed by atoms with Crippen molar-refractivity contribution in [3.8, 4) is 11.1 Å². The van der Waals surface area contributed by atoms with Crippen molar-refractivity contribution in [2.24, 2.45) is 0 Å². The molecular formula is C25H23ClN4O3S. The maximum Gasteiger partial charge on any atom is 0.257 e. The van der Waals surface area contributed by atoms with Gasteiger partial charge in [-0.1, -0.05) is 60.1 Å². The zero-order valence-electron chi connectivity index (χ0n) is 18.4. The number of carbonyl (C=O) groups excluding carboxylic acids is 3. The molecule has 7 nitrogen and oxygen atoms in total. The highest BCUT2D eigenvalue weighted by molar-refractivity contribution is 7.80. The van der Waals surface area contributed by atoms with Crippen LogP contribution in [-0.2, 0) is 9.59 Å². The van der Waals surface area contributed by atoms with Crippen LogP contribution in [0.1, 0.15) is 28.8 Å². The Bertz CT molecular complexity index is 1200. The van der Waals surface area contributed by atoms with E-state index in [1.807, 2.05) is 42.5 Å². The molecule has 0 heterocycles. The Hall–Kier alpha value is -3.75. The third-order valence-corrected chi connectivity index (χ3v) is 5.53. The Morgan fingerprint density at radius 3 is 2.15 bits per heavy atom. The molecule has 0 radical (unpaired) electrons. The number of nitrogens with one attached hydrogen (secondary N) is 4. The fourth-order valence-corrected chi connectivity index (χ4v) is 3.34. The van der Waals surface area contributed by atoms with E-state index in [2.05, 4.69) is 21.5 Å². The van der Waals surface area contributed by atoms with E-state index in [0.29, 0.717) is 16.3 Å². The number of thiocarbonyl (C=S) groups is 1. The van der Waals surface area contributed by atoms with E-state index in [-0.39, 0.29) is 23.9 Å². The first kappa shape index (κ1) is 24.9. The molecule has 0 aliphatic heterocycles. The summed E-state index contributed by atoms with van der Waals surface area (Å²) in [6, 6.07) is 22.1. The summed E-state index contributed by atoms with van der Waals surface area (Å²) in [4.78, 5) is 36.5. The fraction of sp³-hybridized carbons (Fsp3) is 0.120. The van der Waals surface area contributed by atoms with Crippen LogP contribution < -0.4 is 21.5 Å². The van der Waals surface area contributed by atoms with Gasteiger partial charge in [-0.15, -0.1) is 0 Å². The van der Waals surface area contributed by atoms with Crippen LogP contribution in [0.3, 0.4) is 0 Å². The highest BCUT2D eigenvalue weighted by Crippen LogP contribution is 2.23. The number of anilines is 1. The maximum atomic E-state index is 12.4. The van der Waals surface area contributed by atoms with Crippen LogP contribution >= 0.6 is 23.8 Å². The van der Waals surface area contributed by atoms with Gasteiger partial charge in [0.05, 0.1) is 0 Å². The van der Waals surface area contributed by atoms with Crippen LogP contribution in [0, 0.1) is 6.92 Å². The Labute approximate surface area is 207 Å². The first-order valence-corrected chi connectivity index (χ1v) is 11.2. The molecule has 0 aromatic heterocycles. The fourth-order valence-electron chi connectivity index (χ4n) is 3.02. The van der Waals surface area contributed by atoms with Gasteiger partial charge in [-0.3, -0.25) is 30.6 Å². The Morgan fingerprint density at radius 1 is 0.794 bits per heavy atom. The average molecular weight is 495 g/mol. The van der Waals surface area contributed by atoms with E-state index in [1.54, 1.807) is 37.3 Å². The third-order valence-electron chi connectivity index (χ3n) is 4.92. The molecule has 0 aliphatic carbocycles. The summed E-state index contributed by atoms with van der Waals surface area (Å²) >= 11 is 11.1. The summed E-state index contributed by atoms with van der Waals surface area (Å²) in [5, 5.41) is 5.70. The molecule has 0 spiro atoms. The minimum atomic E-state index is -0.457. The molecular weight excluding hydrogens is 472 g/mol. The standard InChI is InChI=1S/C25H23ClN4O3S/c1-16-20(26)8-5-9-21(16)27-22(31)14-15-23(32)29-30-25(34)28-24(33)19-12-10-18(11-13-19)17-6-3-2-4-7-17/h2-13H,14-15H2,1H3,(H,27,31)(H,29,32)(H2,28,30,33,34). The van der Waals surface area contributed by atoms with E-state index < -0.39 is 11.8 Å². The summed E-state index contributed by atoms with van der Waals surface area (Å²) in [6.45, 7) is 1.79. The number of hydrazine groups is 1. The molecule has 3 amide bonds. The summed E-state index contributed by atoms with van der Waals surface area (Å²) in [5.41, 5.74) is 8.62. The first-order chi connectivity index (χ1) is 16.3. The van der Waals surface area contributed by atoms with Gasteiger partial charge in [-0.05, 0) is 60.1 Å². The lowest BCUT2D eigenvalue weighted by Crippen LogP contribution is -2.48. The van der Waals surface area contributed by atoms with Crippen molar-refractivity contribution >= 4 is 52.3 Å². The molecule has 0 saturated heterocycles. The molecule has 174 valence electrons. The highest BCUT2D eigenvalue weighted by atomic mass is 35.5. The molecule has 9 heteroatoms. The van der Waals surface area contributed by atoms with Crippen LogP contribution in [0.25, 0.3) is 11.1 Å². The molecule has 0 unspecified atom stereocenters. The molecule has 0 saturated carbocycles. The van der Waals surface area contributed by atoms with Gasteiger partial charge in [-0.2, -0.15) is 0 Å². The number of hydrogen-bond donors (Lipinski definition) is 4. The lowest BCUT2D eigenvalue weighted by Gasteiger charge is -2.12. The van der Waals surface area contributed by atoms with Gasteiger partial charge in [0.15, 0.2) is 5.11 Å². The predicted octanol–water partition coefficient (Wildman–Crippen LogP) is 4.37. The number of carbonyl (C=O) groups is 3. The monoisotopic (exact) mass is 494 g/mol. The van der Waals surface area contributed by atoms with E-state index in [4.69, 9.17) is 23.8 Å². The molecule has 3 aromatic carbocycles. The van der Waals surface area contributed by atoms with Crippen molar-refractivity contribution in [2.45, 2.75) is 19.8 Å². The molecule has 3 aromatic rings. The molecule has 0 atom stereocenters. The van der Waals surface area contributed by atoms with Gasteiger partial charge >= 0.3 is 0 Å². The lowest BCUT2D eigenvalue weighted by molar-refractivity contribution is -0.124. The van der Waals surface area contributed by atoms with E-state index in [9.17, 15) is 14.4 Å². The van der Waals surface area contributed by atoms with E-state index >= 15 is 0 Å². The van der Waals surface area contributed by atoms with Crippen molar-refractivity contribution < 1.29 is 14.4 Å². The lowest BCUT2D eigenvalue weighted by atomic mass is 10.0. The summed E-state index contributed by atoms with van der Waals surface area (Å²) in [5.74, 6) is -1.19. The zero-order valence-corrected chi connectivity index (χ0v) is 19.9.